The Bertz CT molecular complexity index is 533. The van der Waals surface area contributed by atoms with Gasteiger partial charge < -0.3 is 19.7 Å². The number of aryl methyl sites for hydroxylation is 1. The molecule has 1 atom stereocenters. The lowest BCUT2D eigenvalue weighted by Gasteiger charge is -2.32. The van der Waals surface area contributed by atoms with E-state index in [0.29, 0.717) is 25.7 Å². The Hall–Kier alpha value is -1.75. The van der Waals surface area contributed by atoms with Crippen molar-refractivity contribution < 1.29 is 14.3 Å². The van der Waals surface area contributed by atoms with E-state index in [1.165, 1.54) is 0 Å². The minimum Gasteiger partial charge on any atom is -0.490 e. The lowest BCUT2D eigenvalue weighted by Crippen LogP contribution is -2.51. The summed E-state index contributed by atoms with van der Waals surface area (Å²) in [4.78, 5) is 14.3. The number of hydrogen-bond donors (Lipinski definition) is 1. The fourth-order valence-corrected chi connectivity index (χ4v) is 2.93. The Labute approximate surface area is 131 Å². The molecule has 0 aromatic heterocycles. The summed E-state index contributed by atoms with van der Waals surface area (Å²) < 4.78 is 11.3. The fraction of sp³-hybridized carbons (Fsp3) is 0.588. The zero-order valence-electron chi connectivity index (χ0n) is 13.1. The highest BCUT2D eigenvalue weighted by atomic mass is 16.5. The highest BCUT2D eigenvalue weighted by Crippen LogP contribution is 2.30. The molecule has 0 spiro atoms. The maximum atomic E-state index is 12.3. The van der Waals surface area contributed by atoms with E-state index in [1.54, 1.807) is 0 Å². The Kier molecular flexibility index (Phi) is 4.83. The number of rotatable bonds is 3. The Balaban J connectivity index is 1.57. The summed E-state index contributed by atoms with van der Waals surface area (Å²) in [6, 6.07) is 6.37. The molecule has 2 aliphatic heterocycles. The third-order valence-electron chi connectivity index (χ3n) is 4.16. The number of piperazine rings is 1. The Morgan fingerprint density at radius 1 is 1.32 bits per heavy atom. The molecule has 2 aliphatic rings. The molecule has 1 fully saturated rings. The van der Waals surface area contributed by atoms with Gasteiger partial charge in [-0.2, -0.15) is 0 Å². The van der Waals surface area contributed by atoms with Gasteiger partial charge in [-0.15, -0.1) is 0 Å². The minimum absolute atomic E-state index is 0.237. The molecule has 5 nitrogen and oxygen atoms in total. The van der Waals surface area contributed by atoms with Crippen LogP contribution in [0.1, 0.15) is 25.3 Å². The van der Waals surface area contributed by atoms with Crippen molar-refractivity contribution in [2.24, 2.45) is 0 Å². The van der Waals surface area contributed by atoms with Gasteiger partial charge in [-0.05, 0) is 31.0 Å². The van der Waals surface area contributed by atoms with Crippen molar-refractivity contribution >= 4 is 5.91 Å². The third-order valence-corrected chi connectivity index (χ3v) is 4.16. The van der Waals surface area contributed by atoms with Gasteiger partial charge in [-0.25, -0.2) is 0 Å². The van der Waals surface area contributed by atoms with Crippen molar-refractivity contribution in [2.45, 2.75) is 32.2 Å². The Morgan fingerprint density at radius 2 is 2.14 bits per heavy atom. The number of carbonyl (C=O) groups excluding carboxylic acids is 1. The van der Waals surface area contributed by atoms with Crippen LogP contribution in [0.2, 0.25) is 0 Å². The number of fused-ring (bicyclic) bond motifs is 1. The van der Waals surface area contributed by atoms with Crippen molar-refractivity contribution in [3.63, 3.8) is 0 Å². The van der Waals surface area contributed by atoms with Gasteiger partial charge >= 0.3 is 0 Å². The van der Waals surface area contributed by atoms with Crippen LogP contribution >= 0.6 is 0 Å². The van der Waals surface area contributed by atoms with E-state index < -0.39 is 0 Å². The third kappa shape index (κ3) is 3.71. The van der Waals surface area contributed by atoms with E-state index in [4.69, 9.17) is 9.47 Å². The molecule has 1 amide bonds. The molecule has 0 saturated carbocycles. The summed E-state index contributed by atoms with van der Waals surface area (Å²) >= 11 is 0. The van der Waals surface area contributed by atoms with Crippen molar-refractivity contribution in [3.8, 4) is 11.5 Å². The second-order valence-electron chi connectivity index (χ2n) is 6.03. The molecule has 120 valence electrons. The van der Waals surface area contributed by atoms with E-state index in [1.807, 2.05) is 23.1 Å². The number of nitrogens with one attached hydrogen (secondary N) is 1. The predicted octanol–water partition coefficient (Wildman–Crippen LogP) is 1.60. The van der Waals surface area contributed by atoms with Gasteiger partial charge in [0.05, 0.1) is 13.2 Å². The highest BCUT2D eigenvalue weighted by Gasteiger charge is 2.20. The largest absolute Gasteiger partial charge is 0.490 e. The van der Waals surface area contributed by atoms with Crippen molar-refractivity contribution in [2.75, 3.05) is 32.8 Å². The quantitative estimate of drug-likeness (QED) is 0.921. The molecule has 1 aromatic rings. The minimum atomic E-state index is 0.237. The second-order valence-corrected chi connectivity index (χ2v) is 6.03. The summed E-state index contributed by atoms with van der Waals surface area (Å²) in [6.07, 6.45) is 2.20. The van der Waals surface area contributed by atoms with Gasteiger partial charge in [0.2, 0.25) is 5.91 Å². The lowest BCUT2D eigenvalue weighted by atomic mass is 10.1. The molecule has 1 aromatic carbocycles. The van der Waals surface area contributed by atoms with Crippen LogP contribution in [0.5, 0.6) is 11.5 Å². The van der Waals surface area contributed by atoms with Crippen molar-refractivity contribution in [1.82, 2.24) is 10.2 Å². The zero-order valence-corrected chi connectivity index (χ0v) is 13.1. The van der Waals surface area contributed by atoms with Gasteiger partial charge in [0.15, 0.2) is 11.5 Å². The normalized spacial score (nSPS) is 21.3. The summed E-state index contributed by atoms with van der Waals surface area (Å²) in [5.74, 6) is 1.85. The molecule has 2 heterocycles. The first-order chi connectivity index (χ1) is 10.7. The second kappa shape index (κ2) is 7.01. The fourth-order valence-electron chi connectivity index (χ4n) is 2.93. The first-order valence-electron chi connectivity index (χ1n) is 8.12. The number of amides is 1. The van der Waals surface area contributed by atoms with Crippen LogP contribution < -0.4 is 14.8 Å². The first-order valence-corrected chi connectivity index (χ1v) is 8.12. The van der Waals surface area contributed by atoms with Crippen LogP contribution in [0.4, 0.5) is 0 Å². The van der Waals surface area contributed by atoms with E-state index >= 15 is 0 Å². The maximum Gasteiger partial charge on any atom is 0.222 e. The van der Waals surface area contributed by atoms with Gasteiger partial charge in [0.25, 0.3) is 0 Å². The molecular weight excluding hydrogens is 280 g/mol. The van der Waals surface area contributed by atoms with Gasteiger partial charge in [-0.1, -0.05) is 6.07 Å². The van der Waals surface area contributed by atoms with E-state index in [9.17, 15) is 4.79 Å². The molecule has 0 unspecified atom stereocenters. The van der Waals surface area contributed by atoms with Crippen LogP contribution in [0.25, 0.3) is 0 Å². The summed E-state index contributed by atoms with van der Waals surface area (Å²) in [5, 5.41) is 3.36. The Morgan fingerprint density at radius 3 is 2.95 bits per heavy atom. The van der Waals surface area contributed by atoms with Crippen LogP contribution in [0.15, 0.2) is 18.2 Å². The molecule has 5 heteroatoms. The average Bonchev–Trinajstić information content (AvgIpc) is 2.77. The first kappa shape index (κ1) is 15.2. The number of benzene rings is 1. The molecule has 1 N–H and O–H groups in total. The molecule has 22 heavy (non-hydrogen) atoms. The van der Waals surface area contributed by atoms with Crippen LogP contribution in [-0.2, 0) is 11.2 Å². The molecule has 1 saturated heterocycles. The molecule has 0 radical (unpaired) electrons. The van der Waals surface area contributed by atoms with Crippen molar-refractivity contribution in [3.05, 3.63) is 23.8 Å². The van der Waals surface area contributed by atoms with Crippen LogP contribution in [0, 0.1) is 0 Å². The summed E-state index contributed by atoms with van der Waals surface area (Å²) in [6.45, 7) is 6.00. The van der Waals surface area contributed by atoms with Crippen molar-refractivity contribution in [1.29, 1.82) is 0 Å². The standard InChI is InChI=1S/C17H24N2O3/c1-13-12-19(8-7-18-13)17(20)6-4-14-3-5-15-16(11-14)22-10-2-9-21-15/h3,5,11,13,18H,2,4,6-10,12H2,1H3/t13-/m1/s1. The van der Waals surface area contributed by atoms with E-state index in [2.05, 4.69) is 12.2 Å². The highest BCUT2D eigenvalue weighted by molar-refractivity contribution is 5.76. The molecular formula is C17H24N2O3. The summed E-state index contributed by atoms with van der Waals surface area (Å²) in [7, 11) is 0. The SMILES string of the molecule is C[C@@H]1CN(C(=O)CCc2ccc3c(c2)OCCCO3)CCN1. The average molecular weight is 304 g/mol. The van der Waals surface area contributed by atoms with E-state index in [0.717, 1.165) is 49.5 Å². The van der Waals surface area contributed by atoms with Gasteiger partial charge in [0.1, 0.15) is 0 Å². The number of hydrogen-bond acceptors (Lipinski definition) is 4. The number of nitrogens with zero attached hydrogens (tertiary/aromatic N) is 1. The van der Waals surface area contributed by atoms with E-state index in [-0.39, 0.29) is 5.91 Å². The number of ether oxygens (including phenoxy) is 2. The number of carbonyl (C=O) groups is 1. The lowest BCUT2D eigenvalue weighted by molar-refractivity contribution is -0.132. The topological polar surface area (TPSA) is 50.8 Å². The molecule has 0 bridgehead atoms. The maximum absolute atomic E-state index is 12.3. The summed E-state index contributed by atoms with van der Waals surface area (Å²) in [5.41, 5.74) is 1.13. The molecule has 3 rings (SSSR count). The monoisotopic (exact) mass is 304 g/mol. The van der Waals surface area contributed by atoms with Crippen LogP contribution in [-0.4, -0.2) is 49.7 Å². The molecule has 0 aliphatic carbocycles. The van der Waals surface area contributed by atoms with Gasteiger partial charge in [-0.3, -0.25) is 4.79 Å². The van der Waals surface area contributed by atoms with Crippen LogP contribution in [0.3, 0.4) is 0 Å². The smallest absolute Gasteiger partial charge is 0.222 e. The predicted molar refractivity (Wildman–Crippen MR) is 84.4 cm³/mol. The zero-order chi connectivity index (χ0) is 15.4. The van der Waals surface area contributed by atoms with Gasteiger partial charge in [0, 0.05) is 38.5 Å².